The highest BCUT2D eigenvalue weighted by Gasteiger charge is 2.26. The molecule has 2 N–H and O–H groups in total. The summed E-state index contributed by atoms with van der Waals surface area (Å²) in [6, 6.07) is 0. The van der Waals surface area contributed by atoms with Crippen molar-refractivity contribution in [1.29, 1.82) is 0 Å². The molecule has 0 spiro atoms. The summed E-state index contributed by atoms with van der Waals surface area (Å²) in [5.74, 6) is 0.564. The normalized spacial score (nSPS) is 15.8. The molecule has 1 aliphatic carbocycles. The number of carbonyl (C=O) groups is 1. The number of anilines is 1. The molecule has 0 bridgehead atoms. The molecule has 19 heavy (non-hydrogen) atoms. The Morgan fingerprint density at radius 2 is 2.26 bits per heavy atom. The standard InChI is InChI=1S/C12H16N6O/c1-18-6-9(10(17-18)8-4-2-3-5-8)11(19)15-12-13-7-14-16-12/h6-8H,2-5H2,1H3,(H2,13,14,15,16,19). The van der Waals surface area contributed by atoms with E-state index >= 15 is 0 Å². The third-order valence-corrected chi connectivity index (χ3v) is 3.49. The van der Waals surface area contributed by atoms with Crippen molar-refractivity contribution in [3.8, 4) is 0 Å². The third-order valence-electron chi connectivity index (χ3n) is 3.49. The molecule has 1 fully saturated rings. The van der Waals surface area contributed by atoms with E-state index in [4.69, 9.17) is 0 Å². The summed E-state index contributed by atoms with van der Waals surface area (Å²) in [5, 5.41) is 13.5. The minimum atomic E-state index is -0.188. The van der Waals surface area contributed by atoms with E-state index in [-0.39, 0.29) is 5.91 Å². The maximum Gasteiger partial charge on any atom is 0.261 e. The number of H-pyrrole nitrogens is 1. The van der Waals surface area contributed by atoms with Gasteiger partial charge in [-0.3, -0.25) is 14.8 Å². The van der Waals surface area contributed by atoms with Gasteiger partial charge in [-0.2, -0.15) is 15.2 Å². The second-order valence-corrected chi connectivity index (χ2v) is 4.87. The monoisotopic (exact) mass is 260 g/mol. The summed E-state index contributed by atoms with van der Waals surface area (Å²) in [7, 11) is 1.84. The molecular weight excluding hydrogens is 244 g/mol. The smallest absolute Gasteiger partial charge is 0.261 e. The topological polar surface area (TPSA) is 88.5 Å². The number of hydrogen-bond acceptors (Lipinski definition) is 4. The van der Waals surface area contributed by atoms with Crippen LogP contribution >= 0.6 is 0 Å². The van der Waals surface area contributed by atoms with Gasteiger partial charge in [0.25, 0.3) is 5.91 Å². The van der Waals surface area contributed by atoms with Gasteiger partial charge in [0.1, 0.15) is 6.33 Å². The number of aryl methyl sites for hydroxylation is 1. The number of amides is 1. The molecule has 0 aliphatic heterocycles. The zero-order valence-electron chi connectivity index (χ0n) is 10.8. The van der Waals surface area contributed by atoms with E-state index in [1.54, 1.807) is 10.9 Å². The van der Waals surface area contributed by atoms with Gasteiger partial charge in [-0.05, 0) is 12.8 Å². The number of hydrogen-bond donors (Lipinski definition) is 2. The number of rotatable bonds is 3. The average molecular weight is 260 g/mol. The van der Waals surface area contributed by atoms with E-state index < -0.39 is 0 Å². The van der Waals surface area contributed by atoms with Gasteiger partial charge in [-0.25, -0.2) is 5.10 Å². The van der Waals surface area contributed by atoms with Crippen molar-refractivity contribution in [3.63, 3.8) is 0 Å². The van der Waals surface area contributed by atoms with Crippen molar-refractivity contribution < 1.29 is 4.79 Å². The van der Waals surface area contributed by atoms with Crippen molar-refractivity contribution in [2.75, 3.05) is 5.32 Å². The van der Waals surface area contributed by atoms with E-state index in [9.17, 15) is 4.79 Å². The van der Waals surface area contributed by atoms with Crippen molar-refractivity contribution in [2.24, 2.45) is 7.05 Å². The number of aromatic amines is 1. The molecule has 1 saturated carbocycles. The van der Waals surface area contributed by atoms with Crippen LogP contribution in [-0.4, -0.2) is 30.9 Å². The molecule has 3 rings (SSSR count). The predicted octanol–water partition coefficient (Wildman–Crippen LogP) is 1.45. The fraction of sp³-hybridized carbons (Fsp3) is 0.500. The van der Waals surface area contributed by atoms with Crippen molar-refractivity contribution in [1.82, 2.24) is 25.0 Å². The van der Waals surface area contributed by atoms with E-state index in [0.29, 0.717) is 17.4 Å². The Kier molecular flexibility index (Phi) is 3.02. The Bertz CT molecular complexity index is 567. The number of carbonyl (C=O) groups excluding carboxylic acids is 1. The zero-order chi connectivity index (χ0) is 13.2. The quantitative estimate of drug-likeness (QED) is 0.874. The van der Waals surface area contributed by atoms with Crippen molar-refractivity contribution in [2.45, 2.75) is 31.6 Å². The molecule has 7 nitrogen and oxygen atoms in total. The Morgan fingerprint density at radius 3 is 2.95 bits per heavy atom. The van der Waals surface area contributed by atoms with Crippen LogP contribution in [0.15, 0.2) is 12.5 Å². The summed E-state index contributed by atoms with van der Waals surface area (Å²) in [6.07, 6.45) is 7.77. The number of aromatic nitrogens is 5. The molecule has 2 aromatic rings. The average Bonchev–Trinajstić information content (AvgIpc) is 3.07. The van der Waals surface area contributed by atoms with Gasteiger partial charge in [0.2, 0.25) is 5.95 Å². The number of nitrogens with one attached hydrogen (secondary N) is 2. The molecular formula is C12H16N6O. The first-order valence-electron chi connectivity index (χ1n) is 6.44. The van der Waals surface area contributed by atoms with Gasteiger partial charge in [-0.15, -0.1) is 0 Å². The van der Waals surface area contributed by atoms with E-state index in [1.165, 1.54) is 19.2 Å². The summed E-state index contributed by atoms with van der Waals surface area (Å²) >= 11 is 0. The molecule has 2 heterocycles. The highest BCUT2D eigenvalue weighted by Crippen LogP contribution is 2.34. The molecule has 1 amide bonds. The largest absolute Gasteiger partial charge is 0.291 e. The van der Waals surface area contributed by atoms with Gasteiger partial charge in [0.05, 0.1) is 11.3 Å². The van der Waals surface area contributed by atoms with Crippen LogP contribution in [-0.2, 0) is 7.05 Å². The fourth-order valence-corrected chi connectivity index (χ4v) is 2.62. The highest BCUT2D eigenvalue weighted by molar-refractivity contribution is 6.04. The fourth-order valence-electron chi connectivity index (χ4n) is 2.62. The summed E-state index contributed by atoms with van der Waals surface area (Å²) < 4.78 is 1.70. The molecule has 1 aliphatic rings. The molecule has 0 unspecified atom stereocenters. The summed E-state index contributed by atoms with van der Waals surface area (Å²) in [6.45, 7) is 0. The van der Waals surface area contributed by atoms with Crippen LogP contribution in [0.1, 0.15) is 47.7 Å². The Balaban J connectivity index is 1.85. The molecule has 0 atom stereocenters. The Labute approximate surface area is 110 Å². The van der Waals surface area contributed by atoms with Gasteiger partial charge in [0.15, 0.2) is 0 Å². The Morgan fingerprint density at radius 1 is 1.47 bits per heavy atom. The van der Waals surface area contributed by atoms with Crippen LogP contribution in [0.2, 0.25) is 0 Å². The van der Waals surface area contributed by atoms with E-state index in [0.717, 1.165) is 18.5 Å². The van der Waals surface area contributed by atoms with Crippen LogP contribution in [0.5, 0.6) is 0 Å². The first-order valence-corrected chi connectivity index (χ1v) is 6.44. The zero-order valence-corrected chi connectivity index (χ0v) is 10.8. The first-order chi connectivity index (χ1) is 9.24. The van der Waals surface area contributed by atoms with Crippen LogP contribution in [0, 0.1) is 0 Å². The second-order valence-electron chi connectivity index (χ2n) is 4.87. The lowest BCUT2D eigenvalue weighted by Gasteiger charge is -2.07. The molecule has 2 aromatic heterocycles. The van der Waals surface area contributed by atoms with E-state index in [1.807, 2.05) is 7.05 Å². The minimum absolute atomic E-state index is 0.188. The molecule has 0 saturated heterocycles. The number of nitrogens with zero attached hydrogens (tertiary/aromatic N) is 4. The lowest BCUT2D eigenvalue weighted by molar-refractivity contribution is 0.102. The van der Waals surface area contributed by atoms with Crippen LogP contribution in [0.25, 0.3) is 0 Å². The molecule has 0 radical (unpaired) electrons. The lowest BCUT2D eigenvalue weighted by atomic mass is 10.0. The van der Waals surface area contributed by atoms with Crippen LogP contribution in [0.4, 0.5) is 5.95 Å². The third kappa shape index (κ3) is 2.35. The maximum atomic E-state index is 12.3. The summed E-state index contributed by atoms with van der Waals surface area (Å²) in [4.78, 5) is 16.1. The van der Waals surface area contributed by atoms with E-state index in [2.05, 4.69) is 25.6 Å². The van der Waals surface area contributed by atoms with Gasteiger partial charge in [-0.1, -0.05) is 12.8 Å². The van der Waals surface area contributed by atoms with Gasteiger partial charge >= 0.3 is 0 Å². The molecule has 7 heteroatoms. The predicted molar refractivity (Wildman–Crippen MR) is 68.8 cm³/mol. The van der Waals surface area contributed by atoms with Gasteiger partial charge < -0.3 is 0 Å². The second kappa shape index (κ2) is 4.83. The van der Waals surface area contributed by atoms with Crippen LogP contribution in [0.3, 0.4) is 0 Å². The van der Waals surface area contributed by atoms with Crippen LogP contribution < -0.4 is 5.32 Å². The van der Waals surface area contributed by atoms with Gasteiger partial charge in [0, 0.05) is 19.2 Å². The summed E-state index contributed by atoms with van der Waals surface area (Å²) in [5.41, 5.74) is 1.53. The maximum absolute atomic E-state index is 12.3. The lowest BCUT2D eigenvalue weighted by Crippen LogP contribution is -2.15. The minimum Gasteiger partial charge on any atom is -0.291 e. The van der Waals surface area contributed by atoms with Crippen molar-refractivity contribution in [3.05, 3.63) is 23.8 Å². The first kappa shape index (κ1) is 11.9. The van der Waals surface area contributed by atoms with Crippen molar-refractivity contribution >= 4 is 11.9 Å². The molecule has 100 valence electrons. The molecule has 0 aromatic carbocycles. The Hall–Kier alpha value is -2.18. The SMILES string of the molecule is Cn1cc(C(=O)Nc2ncn[nH]2)c(C2CCCC2)n1. The highest BCUT2D eigenvalue weighted by atomic mass is 16.1.